The molecule has 1 aromatic heterocycles. The van der Waals surface area contributed by atoms with E-state index in [9.17, 15) is 4.79 Å². The summed E-state index contributed by atoms with van der Waals surface area (Å²) in [6, 6.07) is 6.23. The molecule has 8 nitrogen and oxygen atoms in total. The van der Waals surface area contributed by atoms with E-state index in [4.69, 9.17) is 15.7 Å². The number of allylic oxidation sites excluding steroid dienone is 1. The van der Waals surface area contributed by atoms with Gasteiger partial charge in [0.2, 0.25) is 5.91 Å². The van der Waals surface area contributed by atoms with E-state index < -0.39 is 0 Å². The molecule has 2 bridgehead atoms. The number of carbonyl (C=O) groups excluding carboxylic acids is 1. The Labute approximate surface area is 178 Å². The molecule has 1 aromatic rings. The molecule has 160 valence electrons. The van der Waals surface area contributed by atoms with Crippen molar-refractivity contribution < 1.29 is 9.53 Å². The summed E-state index contributed by atoms with van der Waals surface area (Å²) < 4.78 is 5.68. The summed E-state index contributed by atoms with van der Waals surface area (Å²) in [5, 5.41) is 9.00. The van der Waals surface area contributed by atoms with Crippen LogP contribution in [0.3, 0.4) is 0 Å². The fourth-order valence-electron chi connectivity index (χ4n) is 4.37. The maximum absolute atomic E-state index is 12.8. The minimum atomic E-state index is -0.00773. The molecule has 2 unspecified atom stereocenters. The molecule has 8 heteroatoms. The van der Waals surface area contributed by atoms with Crippen molar-refractivity contribution in [2.75, 3.05) is 38.3 Å². The van der Waals surface area contributed by atoms with Gasteiger partial charge in [-0.25, -0.2) is 4.98 Å². The van der Waals surface area contributed by atoms with Crippen molar-refractivity contribution in [3.05, 3.63) is 35.2 Å². The molecule has 0 saturated carbocycles. The molecule has 1 amide bonds. The quantitative estimate of drug-likeness (QED) is 0.716. The second kappa shape index (κ2) is 9.26. The summed E-state index contributed by atoms with van der Waals surface area (Å²) in [6.45, 7) is 7.51. The van der Waals surface area contributed by atoms with Crippen LogP contribution in [-0.2, 0) is 9.53 Å². The van der Waals surface area contributed by atoms with Gasteiger partial charge in [0.25, 0.3) is 0 Å². The average Bonchev–Trinajstić information content (AvgIpc) is 2.94. The maximum atomic E-state index is 12.8. The zero-order chi connectivity index (χ0) is 21.8. The molecule has 0 aromatic carbocycles. The second-order valence-corrected chi connectivity index (χ2v) is 8.12. The van der Waals surface area contributed by atoms with Gasteiger partial charge in [0.15, 0.2) is 0 Å². The van der Waals surface area contributed by atoms with Crippen LogP contribution in [0.15, 0.2) is 34.6 Å². The lowest BCUT2D eigenvalue weighted by atomic mass is 10.0. The molecule has 3 heterocycles. The number of carbonyl (C=O) groups is 1. The van der Waals surface area contributed by atoms with Crippen molar-refractivity contribution >= 4 is 17.4 Å². The van der Waals surface area contributed by atoms with Crippen LogP contribution in [0, 0.1) is 17.2 Å². The van der Waals surface area contributed by atoms with Gasteiger partial charge in [-0.1, -0.05) is 6.92 Å². The number of hydrogen-bond donors (Lipinski definition) is 1. The Hall–Kier alpha value is -2.92. The van der Waals surface area contributed by atoms with Gasteiger partial charge in [0.05, 0.1) is 18.2 Å². The highest BCUT2D eigenvalue weighted by atomic mass is 16.5. The first-order chi connectivity index (χ1) is 14.3. The SMILES string of the molecule is CN=C(C)C(COCC(=O)N1CC2C[C@H](C)C(C1)N2c1ccc(C#N)cn1)=C(C)N. The second-order valence-electron chi connectivity index (χ2n) is 8.12. The molecule has 2 N–H and O–H groups in total. The predicted molar refractivity (Wildman–Crippen MR) is 116 cm³/mol. The van der Waals surface area contributed by atoms with Gasteiger partial charge in [0, 0.05) is 49.4 Å². The Kier molecular flexibility index (Phi) is 6.73. The maximum Gasteiger partial charge on any atom is 0.248 e. The van der Waals surface area contributed by atoms with E-state index in [-0.39, 0.29) is 31.2 Å². The molecule has 2 saturated heterocycles. The zero-order valence-electron chi connectivity index (χ0n) is 18.1. The van der Waals surface area contributed by atoms with Crippen LogP contribution in [-0.4, -0.2) is 66.9 Å². The van der Waals surface area contributed by atoms with E-state index >= 15 is 0 Å². The Morgan fingerprint density at radius 1 is 1.37 bits per heavy atom. The number of likely N-dealkylation sites (tertiary alicyclic amines) is 1. The monoisotopic (exact) mass is 410 g/mol. The zero-order valence-corrected chi connectivity index (χ0v) is 18.1. The van der Waals surface area contributed by atoms with E-state index in [1.807, 2.05) is 24.8 Å². The van der Waals surface area contributed by atoms with Crippen molar-refractivity contribution in [2.24, 2.45) is 16.6 Å². The third kappa shape index (κ3) is 4.46. The minimum absolute atomic E-state index is 0.00773. The van der Waals surface area contributed by atoms with E-state index in [0.29, 0.717) is 30.3 Å². The summed E-state index contributed by atoms with van der Waals surface area (Å²) >= 11 is 0. The molecule has 3 atom stereocenters. The third-order valence-electron chi connectivity index (χ3n) is 6.10. The number of nitrogens with zero attached hydrogens (tertiary/aromatic N) is 5. The molecule has 2 aliphatic heterocycles. The van der Waals surface area contributed by atoms with E-state index in [1.54, 1.807) is 19.3 Å². The number of anilines is 1. The highest BCUT2D eigenvalue weighted by Gasteiger charge is 2.45. The van der Waals surface area contributed by atoms with Crippen LogP contribution in [0.5, 0.6) is 0 Å². The van der Waals surface area contributed by atoms with Gasteiger partial charge >= 0.3 is 0 Å². The number of aromatic nitrogens is 1. The largest absolute Gasteiger partial charge is 0.402 e. The van der Waals surface area contributed by atoms with E-state index in [1.165, 1.54) is 0 Å². The fourth-order valence-corrected chi connectivity index (χ4v) is 4.37. The Balaban J connectivity index is 1.62. The molecular formula is C22H30N6O2. The van der Waals surface area contributed by atoms with Gasteiger partial charge in [-0.3, -0.25) is 9.79 Å². The van der Waals surface area contributed by atoms with Gasteiger partial charge in [-0.05, 0) is 38.3 Å². The van der Waals surface area contributed by atoms with Gasteiger partial charge in [-0.2, -0.15) is 5.26 Å². The van der Waals surface area contributed by atoms with Gasteiger partial charge in [-0.15, -0.1) is 0 Å². The van der Waals surface area contributed by atoms with Gasteiger partial charge in [0.1, 0.15) is 18.5 Å². The first kappa shape index (κ1) is 21.8. The number of ether oxygens (including phenoxy) is 1. The number of hydrogen-bond acceptors (Lipinski definition) is 7. The summed E-state index contributed by atoms with van der Waals surface area (Å²) in [7, 11) is 1.71. The minimum Gasteiger partial charge on any atom is -0.402 e. The van der Waals surface area contributed by atoms with Gasteiger partial charge < -0.3 is 20.3 Å². The first-order valence-electron chi connectivity index (χ1n) is 10.2. The molecule has 2 fully saturated rings. The van der Waals surface area contributed by atoms with Crippen molar-refractivity contribution in [3.8, 4) is 6.07 Å². The molecule has 2 aliphatic rings. The van der Waals surface area contributed by atoms with Crippen LogP contribution in [0.1, 0.15) is 32.8 Å². The highest BCUT2D eigenvalue weighted by molar-refractivity contribution is 5.98. The lowest BCUT2D eigenvalue weighted by molar-refractivity contribution is -0.136. The van der Waals surface area contributed by atoms with E-state index in [2.05, 4.69) is 27.9 Å². The lowest BCUT2D eigenvalue weighted by Gasteiger charge is -2.42. The smallest absolute Gasteiger partial charge is 0.248 e. The molecule has 0 spiro atoms. The summed E-state index contributed by atoms with van der Waals surface area (Å²) in [5.74, 6) is 1.33. The van der Waals surface area contributed by atoms with Crippen LogP contribution < -0.4 is 10.6 Å². The summed E-state index contributed by atoms with van der Waals surface area (Å²) in [5.41, 5.74) is 8.77. The molecular weight excluding hydrogens is 380 g/mol. The molecule has 0 aliphatic carbocycles. The van der Waals surface area contributed by atoms with Crippen molar-refractivity contribution in [1.82, 2.24) is 9.88 Å². The topological polar surface area (TPSA) is 108 Å². The highest BCUT2D eigenvalue weighted by Crippen LogP contribution is 2.37. The number of aliphatic imine (C=N–C) groups is 1. The molecule has 3 rings (SSSR count). The summed E-state index contributed by atoms with van der Waals surface area (Å²) in [6.07, 6.45) is 2.62. The normalized spacial score (nSPS) is 24.5. The third-order valence-corrected chi connectivity index (χ3v) is 6.10. The Morgan fingerprint density at radius 3 is 2.70 bits per heavy atom. The van der Waals surface area contributed by atoms with Crippen LogP contribution >= 0.6 is 0 Å². The fraction of sp³-hybridized carbons (Fsp3) is 0.545. The number of nitriles is 1. The number of nitrogens with two attached hydrogens (primary N) is 1. The number of amides is 1. The Bertz CT molecular complexity index is 882. The van der Waals surface area contributed by atoms with Crippen LogP contribution in [0.25, 0.3) is 0 Å². The van der Waals surface area contributed by atoms with E-state index in [0.717, 1.165) is 23.5 Å². The first-order valence-corrected chi connectivity index (χ1v) is 10.2. The predicted octanol–water partition coefficient (Wildman–Crippen LogP) is 1.72. The number of fused-ring (bicyclic) bond motifs is 2. The lowest BCUT2D eigenvalue weighted by Crippen LogP contribution is -2.57. The van der Waals surface area contributed by atoms with Crippen molar-refractivity contribution in [3.63, 3.8) is 0 Å². The van der Waals surface area contributed by atoms with Crippen molar-refractivity contribution in [1.29, 1.82) is 5.26 Å². The van der Waals surface area contributed by atoms with Crippen LogP contribution in [0.4, 0.5) is 5.82 Å². The molecule has 0 radical (unpaired) electrons. The standard InChI is InChI=1S/C22H30N6O2/c1-14-7-18-10-27(22(29)13-30-12-19(15(2)24)16(3)25-4)11-20(14)28(18)21-6-5-17(8-23)9-26-21/h5-6,9,14,18,20H,7,10-13,24H2,1-4H3/t14-,18?,20?/m0/s1. The molecule has 30 heavy (non-hydrogen) atoms. The number of pyridine rings is 1. The Morgan fingerprint density at radius 2 is 2.13 bits per heavy atom. The average molecular weight is 411 g/mol. The summed E-state index contributed by atoms with van der Waals surface area (Å²) in [4.78, 5) is 25.6. The number of rotatable bonds is 6. The van der Waals surface area contributed by atoms with Crippen molar-refractivity contribution in [2.45, 2.75) is 39.3 Å². The number of piperazine rings is 1. The van der Waals surface area contributed by atoms with Crippen LogP contribution in [0.2, 0.25) is 0 Å².